The predicted molar refractivity (Wildman–Crippen MR) is 110 cm³/mol. The number of hydrogen-bond donors (Lipinski definition) is 2. The van der Waals surface area contributed by atoms with Gasteiger partial charge in [0.05, 0.1) is 13.2 Å². The van der Waals surface area contributed by atoms with Gasteiger partial charge in [0.2, 0.25) is 5.91 Å². The number of esters is 1. The lowest BCUT2D eigenvalue weighted by Gasteiger charge is -2.26. The van der Waals surface area contributed by atoms with Gasteiger partial charge in [-0.25, -0.2) is 9.59 Å². The number of ether oxygens (including phenoxy) is 2. The second kappa shape index (κ2) is 9.09. The maximum absolute atomic E-state index is 12.7. The van der Waals surface area contributed by atoms with E-state index in [2.05, 4.69) is 5.32 Å². The Morgan fingerprint density at radius 3 is 2.48 bits per heavy atom. The van der Waals surface area contributed by atoms with Crippen molar-refractivity contribution in [2.24, 2.45) is 5.73 Å². The van der Waals surface area contributed by atoms with Crippen LogP contribution < -0.4 is 11.1 Å². The summed E-state index contributed by atoms with van der Waals surface area (Å²) in [5.41, 5.74) is 5.83. The molecule has 0 bridgehead atoms. The molecule has 2 rings (SSSR count). The van der Waals surface area contributed by atoms with Gasteiger partial charge in [-0.3, -0.25) is 4.79 Å². The minimum Gasteiger partial charge on any atom is -0.463 e. The molecule has 0 spiro atoms. The maximum Gasteiger partial charge on any atom is 0.410 e. The number of carbonyl (C=O) groups is 3. The molecule has 1 aliphatic heterocycles. The molecule has 8 nitrogen and oxygen atoms in total. The number of benzene rings is 1. The van der Waals surface area contributed by atoms with Crippen molar-refractivity contribution in [3.63, 3.8) is 0 Å². The Hall–Kier alpha value is -2.87. The van der Waals surface area contributed by atoms with E-state index in [-0.39, 0.29) is 12.5 Å². The summed E-state index contributed by atoms with van der Waals surface area (Å²) in [6, 6.07) is 6.95. The zero-order chi connectivity index (χ0) is 21.7. The van der Waals surface area contributed by atoms with Crippen LogP contribution in [0.15, 0.2) is 30.3 Å². The molecule has 1 aliphatic rings. The number of nitrogens with two attached hydrogens (primary N) is 1. The average molecular weight is 403 g/mol. The smallest absolute Gasteiger partial charge is 0.410 e. The molecule has 1 atom stereocenters. The molecule has 3 N–H and O–H groups in total. The molecule has 1 aromatic rings. The van der Waals surface area contributed by atoms with Gasteiger partial charge in [0, 0.05) is 18.3 Å². The summed E-state index contributed by atoms with van der Waals surface area (Å²) in [5, 5.41) is 2.79. The van der Waals surface area contributed by atoms with Crippen molar-refractivity contribution in [3.05, 3.63) is 35.9 Å². The Balaban J connectivity index is 1.94. The predicted octanol–water partition coefficient (Wildman–Crippen LogP) is 2.54. The van der Waals surface area contributed by atoms with Crippen molar-refractivity contribution in [1.29, 1.82) is 0 Å². The zero-order valence-corrected chi connectivity index (χ0v) is 17.4. The van der Waals surface area contributed by atoms with E-state index in [0.717, 1.165) is 5.56 Å². The van der Waals surface area contributed by atoms with Crippen LogP contribution in [0.4, 0.5) is 10.5 Å². The number of nitrogens with one attached hydrogen (secondary N) is 1. The molecule has 1 aromatic carbocycles. The molecular weight excluding hydrogens is 374 g/mol. The molecular formula is C21H29N3O5. The third-order valence-electron chi connectivity index (χ3n) is 4.27. The molecule has 29 heavy (non-hydrogen) atoms. The van der Waals surface area contributed by atoms with Crippen molar-refractivity contribution in [3.8, 4) is 0 Å². The van der Waals surface area contributed by atoms with Crippen molar-refractivity contribution in [2.45, 2.75) is 45.3 Å². The Morgan fingerprint density at radius 1 is 1.24 bits per heavy atom. The molecule has 1 fully saturated rings. The largest absolute Gasteiger partial charge is 0.463 e. The van der Waals surface area contributed by atoms with Crippen molar-refractivity contribution in [1.82, 2.24) is 4.90 Å². The first-order valence-corrected chi connectivity index (χ1v) is 9.55. The Morgan fingerprint density at radius 2 is 1.90 bits per heavy atom. The Labute approximate surface area is 171 Å². The fourth-order valence-corrected chi connectivity index (χ4v) is 2.79. The quantitative estimate of drug-likeness (QED) is 0.577. The first kappa shape index (κ1) is 22.4. The fraction of sp³-hybridized carbons (Fsp3) is 0.476. The molecule has 1 heterocycles. The lowest BCUT2D eigenvalue weighted by molar-refractivity contribution is -0.137. The standard InChI is InChI=1S/C21H29N3O5/c1-5-28-17(25)11-8-15-6-9-16(10-7-15)23-18(26)21(22)12-13-24(14-21)19(27)29-20(2,3)4/h6-11H,5,12-14,22H2,1-4H3,(H,23,26)/t21-/m0/s1. The number of amides is 2. The number of nitrogens with zero attached hydrogens (tertiary/aromatic N) is 1. The lowest BCUT2D eigenvalue weighted by atomic mass is 9.99. The molecule has 0 saturated carbocycles. The van der Waals surface area contributed by atoms with Gasteiger partial charge >= 0.3 is 12.1 Å². The molecule has 8 heteroatoms. The van der Waals surface area contributed by atoms with E-state index in [1.165, 1.54) is 11.0 Å². The molecule has 0 radical (unpaired) electrons. The highest BCUT2D eigenvalue weighted by atomic mass is 16.6. The van der Waals surface area contributed by atoms with E-state index in [1.807, 2.05) is 0 Å². The van der Waals surface area contributed by atoms with Crippen LogP contribution in [-0.2, 0) is 19.1 Å². The number of hydrogen-bond acceptors (Lipinski definition) is 6. The van der Waals surface area contributed by atoms with Crippen LogP contribution in [0.2, 0.25) is 0 Å². The van der Waals surface area contributed by atoms with E-state index in [0.29, 0.717) is 25.3 Å². The van der Waals surface area contributed by atoms with E-state index in [1.54, 1.807) is 58.0 Å². The summed E-state index contributed by atoms with van der Waals surface area (Å²) in [5.74, 6) is -0.774. The van der Waals surface area contributed by atoms with Crippen molar-refractivity contribution in [2.75, 3.05) is 25.0 Å². The van der Waals surface area contributed by atoms with Crippen LogP contribution in [0.5, 0.6) is 0 Å². The van der Waals surface area contributed by atoms with Crippen LogP contribution in [0.3, 0.4) is 0 Å². The summed E-state index contributed by atoms with van der Waals surface area (Å²) in [4.78, 5) is 37.7. The molecule has 2 amide bonds. The average Bonchev–Trinajstić information content (AvgIpc) is 3.04. The molecule has 0 aliphatic carbocycles. The van der Waals surface area contributed by atoms with Crippen molar-refractivity contribution >= 4 is 29.7 Å². The fourth-order valence-electron chi connectivity index (χ4n) is 2.79. The van der Waals surface area contributed by atoms with Gasteiger partial charge in [0.25, 0.3) is 0 Å². The van der Waals surface area contributed by atoms with Gasteiger partial charge in [-0.2, -0.15) is 0 Å². The number of carbonyl (C=O) groups excluding carboxylic acids is 3. The van der Waals surface area contributed by atoms with E-state index >= 15 is 0 Å². The SMILES string of the molecule is CCOC(=O)C=Cc1ccc(NC(=O)[C@]2(N)CCN(C(=O)OC(C)(C)C)C2)cc1. The van der Waals surface area contributed by atoms with Gasteiger partial charge in [-0.1, -0.05) is 12.1 Å². The van der Waals surface area contributed by atoms with E-state index < -0.39 is 23.2 Å². The van der Waals surface area contributed by atoms with Gasteiger partial charge < -0.3 is 25.4 Å². The first-order chi connectivity index (χ1) is 13.5. The number of rotatable bonds is 5. The second-order valence-corrected chi connectivity index (χ2v) is 7.97. The molecule has 1 saturated heterocycles. The summed E-state index contributed by atoms with van der Waals surface area (Å²) in [6.45, 7) is 7.87. The normalized spacial score (nSPS) is 19.3. The second-order valence-electron chi connectivity index (χ2n) is 7.97. The topological polar surface area (TPSA) is 111 Å². The zero-order valence-electron chi connectivity index (χ0n) is 17.4. The minimum atomic E-state index is -1.18. The summed E-state index contributed by atoms with van der Waals surface area (Å²) >= 11 is 0. The Bertz CT molecular complexity index is 783. The summed E-state index contributed by atoms with van der Waals surface area (Å²) in [6.07, 6.45) is 2.84. The van der Waals surface area contributed by atoms with Crippen LogP contribution in [0.25, 0.3) is 6.08 Å². The van der Waals surface area contributed by atoms with Gasteiger partial charge in [-0.05, 0) is 57.9 Å². The molecule has 0 unspecified atom stereocenters. The highest BCUT2D eigenvalue weighted by molar-refractivity contribution is 5.99. The maximum atomic E-state index is 12.7. The van der Waals surface area contributed by atoms with Gasteiger partial charge in [-0.15, -0.1) is 0 Å². The third kappa shape index (κ3) is 6.60. The van der Waals surface area contributed by atoms with Gasteiger partial charge in [0.1, 0.15) is 11.1 Å². The number of anilines is 1. The van der Waals surface area contributed by atoms with E-state index in [9.17, 15) is 14.4 Å². The minimum absolute atomic E-state index is 0.0914. The van der Waals surface area contributed by atoms with Crippen LogP contribution in [0, 0.1) is 0 Å². The highest BCUT2D eigenvalue weighted by Crippen LogP contribution is 2.23. The lowest BCUT2D eigenvalue weighted by Crippen LogP contribution is -2.53. The van der Waals surface area contributed by atoms with Crippen LogP contribution in [0.1, 0.15) is 39.7 Å². The molecule has 158 valence electrons. The van der Waals surface area contributed by atoms with Crippen molar-refractivity contribution < 1.29 is 23.9 Å². The summed E-state index contributed by atoms with van der Waals surface area (Å²) in [7, 11) is 0. The third-order valence-corrected chi connectivity index (χ3v) is 4.27. The number of likely N-dealkylation sites (tertiary alicyclic amines) is 1. The first-order valence-electron chi connectivity index (χ1n) is 9.55. The van der Waals surface area contributed by atoms with Gasteiger partial charge in [0.15, 0.2) is 0 Å². The van der Waals surface area contributed by atoms with Crippen LogP contribution in [-0.4, -0.2) is 53.7 Å². The Kier molecular flexibility index (Phi) is 7.02. The summed E-state index contributed by atoms with van der Waals surface area (Å²) < 4.78 is 10.2. The monoisotopic (exact) mass is 403 g/mol. The highest BCUT2D eigenvalue weighted by Gasteiger charge is 2.43. The molecule has 0 aromatic heterocycles. The van der Waals surface area contributed by atoms with Crippen LogP contribution >= 0.6 is 0 Å². The van der Waals surface area contributed by atoms with E-state index in [4.69, 9.17) is 15.2 Å².